The van der Waals surface area contributed by atoms with Crippen LogP contribution in [-0.4, -0.2) is 25.5 Å². The van der Waals surface area contributed by atoms with Gasteiger partial charge < -0.3 is 14.5 Å². The SMILES string of the molecule is COC(=O)C1C(=O)NCC1c1ccco1. The molecule has 1 N–H and O–H groups in total. The molecule has 15 heavy (non-hydrogen) atoms. The molecule has 1 aliphatic heterocycles. The van der Waals surface area contributed by atoms with E-state index in [-0.39, 0.29) is 11.8 Å². The number of hydrogen-bond acceptors (Lipinski definition) is 4. The molecule has 80 valence electrons. The summed E-state index contributed by atoms with van der Waals surface area (Å²) in [5.41, 5.74) is 0. The van der Waals surface area contributed by atoms with Crippen LogP contribution in [0.3, 0.4) is 0 Å². The van der Waals surface area contributed by atoms with Gasteiger partial charge in [0.25, 0.3) is 0 Å². The average Bonchev–Trinajstić information content (AvgIpc) is 2.85. The van der Waals surface area contributed by atoms with Gasteiger partial charge in [0.1, 0.15) is 11.7 Å². The van der Waals surface area contributed by atoms with Crippen LogP contribution in [0.15, 0.2) is 22.8 Å². The maximum atomic E-state index is 11.4. The van der Waals surface area contributed by atoms with Crippen LogP contribution >= 0.6 is 0 Å². The van der Waals surface area contributed by atoms with Crippen molar-refractivity contribution in [1.29, 1.82) is 0 Å². The second-order valence-electron chi connectivity index (χ2n) is 3.37. The van der Waals surface area contributed by atoms with Gasteiger partial charge in [0.15, 0.2) is 0 Å². The lowest BCUT2D eigenvalue weighted by Crippen LogP contribution is -2.28. The lowest BCUT2D eigenvalue weighted by atomic mass is 9.93. The van der Waals surface area contributed by atoms with Gasteiger partial charge in [-0.3, -0.25) is 9.59 Å². The van der Waals surface area contributed by atoms with E-state index < -0.39 is 11.9 Å². The molecule has 1 saturated heterocycles. The maximum Gasteiger partial charge on any atom is 0.319 e. The van der Waals surface area contributed by atoms with E-state index in [4.69, 9.17) is 4.42 Å². The summed E-state index contributed by atoms with van der Waals surface area (Å²) in [6.45, 7) is 0.409. The lowest BCUT2D eigenvalue weighted by Gasteiger charge is -2.11. The molecule has 1 amide bonds. The summed E-state index contributed by atoms with van der Waals surface area (Å²) in [6.07, 6.45) is 1.52. The molecule has 1 aliphatic rings. The molecule has 1 fully saturated rings. The second kappa shape index (κ2) is 3.76. The van der Waals surface area contributed by atoms with Gasteiger partial charge in [-0.25, -0.2) is 0 Å². The molecule has 1 aromatic rings. The summed E-state index contributed by atoms with van der Waals surface area (Å²) in [5, 5.41) is 2.62. The molecule has 2 heterocycles. The Balaban J connectivity index is 2.25. The van der Waals surface area contributed by atoms with Gasteiger partial charge >= 0.3 is 5.97 Å². The van der Waals surface area contributed by atoms with Crippen molar-refractivity contribution in [1.82, 2.24) is 5.32 Å². The van der Waals surface area contributed by atoms with E-state index in [2.05, 4.69) is 10.1 Å². The predicted octanol–water partition coefficient (Wildman–Crippen LogP) is 0.282. The van der Waals surface area contributed by atoms with E-state index in [1.165, 1.54) is 13.4 Å². The van der Waals surface area contributed by atoms with Crippen molar-refractivity contribution < 1.29 is 18.7 Å². The van der Waals surface area contributed by atoms with Gasteiger partial charge in [-0.1, -0.05) is 0 Å². The summed E-state index contributed by atoms with van der Waals surface area (Å²) in [6, 6.07) is 3.48. The highest BCUT2D eigenvalue weighted by Gasteiger charge is 2.43. The smallest absolute Gasteiger partial charge is 0.319 e. The normalized spacial score (nSPS) is 25.0. The van der Waals surface area contributed by atoms with E-state index in [0.29, 0.717) is 12.3 Å². The van der Waals surface area contributed by atoms with Crippen LogP contribution in [0.4, 0.5) is 0 Å². The van der Waals surface area contributed by atoms with Crippen molar-refractivity contribution in [3.05, 3.63) is 24.2 Å². The van der Waals surface area contributed by atoms with Gasteiger partial charge in [0.2, 0.25) is 5.91 Å². The minimum Gasteiger partial charge on any atom is -0.469 e. The Morgan fingerprint density at radius 1 is 1.67 bits per heavy atom. The zero-order valence-corrected chi connectivity index (χ0v) is 8.23. The molecule has 2 unspecified atom stereocenters. The van der Waals surface area contributed by atoms with Crippen molar-refractivity contribution in [3.63, 3.8) is 0 Å². The third-order valence-corrected chi connectivity index (χ3v) is 2.54. The van der Waals surface area contributed by atoms with Crippen LogP contribution in [0.1, 0.15) is 11.7 Å². The van der Waals surface area contributed by atoms with E-state index in [1.807, 2.05) is 0 Å². The molecule has 5 nitrogen and oxygen atoms in total. The third kappa shape index (κ3) is 1.60. The topological polar surface area (TPSA) is 68.5 Å². The number of nitrogens with one attached hydrogen (secondary N) is 1. The Hall–Kier alpha value is -1.78. The minimum atomic E-state index is -0.791. The van der Waals surface area contributed by atoms with Crippen LogP contribution < -0.4 is 5.32 Å². The molecule has 0 aliphatic carbocycles. The van der Waals surface area contributed by atoms with Crippen LogP contribution in [0.25, 0.3) is 0 Å². The molecule has 0 spiro atoms. The fourth-order valence-corrected chi connectivity index (χ4v) is 1.79. The highest BCUT2D eigenvalue weighted by Crippen LogP contribution is 2.29. The first-order valence-corrected chi connectivity index (χ1v) is 4.63. The van der Waals surface area contributed by atoms with Crippen molar-refractivity contribution in [2.75, 3.05) is 13.7 Å². The molecular formula is C10H11NO4. The Morgan fingerprint density at radius 2 is 2.47 bits per heavy atom. The monoisotopic (exact) mass is 209 g/mol. The van der Waals surface area contributed by atoms with Crippen molar-refractivity contribution in [3.8, 4) is 0 Å². The molecule has 1 aromatic heterocycles. The van der Waals surface area contributed by atoms with Crippen LogP contribution in [-0.2, 0) is 14.3 Å². The van der Waals surface area contributed by atoms with Gasteiger partial charge in [-0.15, -0.1) is 0 Å². The van der Waals surface area contributed by atoms with Crippen molar-refractivity contribution in [2.45, 2.75) is 5.92 Å². The number of hydrogen-bond donors (Lipinski definition) is 1. The zero-order chi connectivity index (χ0) is 10.8. The average molecular weight is 209 g/mol. The van der Waals surface area contributed by atoms with Gasteiger partial charge in [-0.05, 0) is 12.1 Å². The Kier molecular flexibility index (Phi) is 2.45. The Bertz CT molecular complexity index is 371. The van der Waals surface area contributed by atoms with E-state index in [9.17, 15) is 9.59 Å². The minimum absolute atomic E-state index is 0.264. The van der Waals surface area contributed by atoms with Gasteiger partial charge in [0, 0.05) is 6.54 Å². The number of methoxy groups -OCH3 is 1. The Labute approximate surface area is 86.4 Å². The van der Waals surface area contributed by atoms with Crippen LogP contribution in [0.5, 0.6) is 0 Å². The molecule has 0 aromatic carbocycles. The lowest BCUT2D eigenvalue weighted by molar-refractivity contribution is -0.149. The highest BCUT2D eigenvalue weighted by molar-refractivity contribution is 6.00. The molecule has 2 rings (SSSR count). The number of carbonyl (C=O) groups is 2. The maximum absolute atomic E-state index is 11.4. The van der Waals surface area contributed by atoms with Crippen LogP contribution in [0, 0.1) is 5.92 Å². The summed E-state index contributed by atoms with van der Waals surface area (Å²) in [7, 11) is 1.27. The summed E-state index contributed by atoms with van der Waals surface area (Å²) >= 11 is 0. The highest BCUT2D eigenvalue weighted by atomic mass is 16.5. The number of furan rings is 1. The van der Waals surface area contributed by atoms with E-state index in [0.717, 1.165) is 0 Å². The van der Waals surface area contributed by atoms with Crippen molar-refractivity contribution in [2.24, 2.45) is 5.92 Å². The second-order valence-corrected chi connectivity index (χ2v) is 3.37. The number of rotatable bonds is 2. The third-order valence-electron chi connectivity index (χ3n) is 2.54. The first-order valence-electron chi connectivity index (χ1n) is 4.63. The first kappa shape index (κ1) is 9.76. The summed E-state index contributed by atoms with van der Waals surface area (Å²) in [5.74, 6) is -1.25. The van der Waals surface area contributed by atoms with Gasteiger partial charge in [0.05, 0.1) is 19.3 Å². The van der Waals surface area contributed by atoms with Crippen LogP contribution in [0.2, 0.25) is 0 Å². The molecule has 5 heteroatoms. The standard InChI is InChI=1S/C10H11NO4/c1-14-10(13)8-6(5-11-9(8)12)7-3-2-4-15-7/h2-4,6,8H,5H2,1H3,(H,11,12). The largest absolute Gasteiger partial charge is 0.469 e. The quantitative estimate of drug-likeness (QED) is 0.561. The van der Waals surface area contributed by atoms with Gasteiger partial charge in [-0.2, -0.15) is 0 Å². The van der Waals surface area contributed by atoms with E-state index in [1.54, 1.807) is 12.1 Å². The first-order chi connectivity index (χ1) is 7.24. The van der Waals surface area contributed by atoms with Crippen molar-refractivity contribution >= 4 is 11.9 Å². The number of carbonyl (C=O) groups excluding carboxylic acids is 2. The molecule has 0 saturated carbocycles. The van der Waals surface area contributed by atoms with E-state index >= 15 is 0 Å². The molecule has 0 bridgehead atoms. The molecule has 2 atom stereocenters. The summed E-state index contributed by atoms with van der Waals surface area (Å²) < 4.78 is 9.78. The predicted molar refractivity (Wildman–Crippen MR) is 50.0 cm³/mol. The number of esters is 1. The fraction of sp³-hybridized carbons (Fsp3) is 0.400. The number of amides is 1. The molecule has 0 radical (unpaired) electrons. The molecular weight excluding hydrogens is 198 g/mol. The number of ether oxygens (including phenoxy) is 1. The summed E-state index contributed by atoms with van der Waals surface area (Å²) in [4.78, 5) is 22.8. The fourth-order valence-electron chi connectivity index (χ4n) is 1.79. The zero-order valence-electron chi connectivity index (χ0n) is 8.23. The Morgan fingerprint density at radius 3 is 3.07 bits per heavy atom.